The van der Waals surface area contributed by atoms with E-state index in [9.17, 15) is 0 Å². The Morgan fingerprint density at radius 3 is 1.64 bits per heavy atom. The highest BCUT2D eigenvalue weighted by Gasteiger charge is 2.32. The van der Waals surface area contributed by atoms with Gasteiger partial charge in [0.15, 0.2) is 0 Å². The minimum absolute atomic E-state index is 0.644. The van der Waals surface area contributed by atoms with Crippen molar-refractivity contribution in [3.63, 3.8) is 0 Å². The highest BCUT2D eigenvalue weighted by atomic mass is 16.4. The second kappa shape index (κ2) is 2.84. The predicted octanol–water partition coefficient (Wildman–Crippen LogP) is 2.42. The van der Waals surface area contributed by atoms with Crippen LogP contribution in [0.5, 0.6) is 0 Å². The molecule has 0 bridgehead atoms. The van der Waals surface area contributed by atoms with Crippen LogP contribution in [-0.4, -0.2) is 10.9 Å². The molecule has 0 amide bonds. The first-order valence-corrected chi connectivity index (χ1v) is 4.63. The van der Waals surface area contributed by atoms with Gasteiger partial charge in [-0.2, -0.15) is 0 Å². The van der Waals surface area contributed by atoms with Crippen LogP contribution in [0.3, 0.4) is 0 Å². The van der Waals surface area contributed by atoms with Gasteiger partial charge in [-0.05, 0) is 25.7 Å². The normalized spacial score (nSPS) is 25.5. The lowest BCUT2D eigenvalue weighted by molar-refractivity contribution is 0.280. The van der Waals surface area contributed by atoms with Crippen molar-refractivity contribution in [1.29, 1.82) is 0 Å². The molecule has 2 nitrogen and oxygen atoms in total. The van der Waals surface area contributed by atoms with E-state index in [0.717, 1.165) is 5.71 Å². The Morgan fingerprint density at radius 2 is 1.45 bits per heavy atom. The molecular formula is C9H15NO. The standard InChI is InChI=1S/C9H15NO/c11-10-9(7-3-1-4-7)8-5-2-6-8/h7-8,11H,1-6H2. The second-order valence-corrected chi connectivity index (χ2v) is 3.78. The van der Waals surface area contributed by atoms with Crippen LogP contribution in [0.15, 0.2) is 5.16 Å². The van der Waals surface area contributed by atoms with E-state index in [2.05, 4.69) is 5.16 Å². The molecule has 2 rings (SSSR count). The van der Waals surface area contributed by atoms with E-state index in [1.165, 1.54) is 38.5 Å². The van der Waals surface area contributed by atoms with Gasteiger partial charge >= 0.3 is 0 Å². The van der Waals surface area contributed by atoms with Crippen molar-refractivity contribution in [1.82, 2.24) is 0 Å². The lowest BCUT2D eigenvalue weighted by Gasteiger charge is -2.34. The summed E-state index contributed by atoms with van der Waals surface area (Å²) in [5, 5.41) is 12.2. The maximum absolute atomic E-state index is 8.78. The predicted molar refractivity (Wildman–Crippen MR) is 43.9 cm³/mol. The Morgan fingerprint density at radius 1 is 1.00 bits per heavy atom. The minimum Gasteiger partial charge on any atom is -0.411 e. The summed E-state index contributed by atoms with van der Waals surface area (Å²) >= 11 is 0. The molecule has 0 unspecified atom stereocenters. The average Bonchev–Trinajstić information content (AvgIpc) is 1.78. The van der Waals surface area contributed by atoms with E-state index in [1.807, 2.05) is 0 Å². The summed E-state index contributed by atoms with van der Waals surface area (Å²) in [6.45, 7) is 0. The van der Waals surface area contributed by atoms with Gasteiger partial charge in [-0.1, -0.05) is 18.0 Å². The van der Waals surface area contributed by atoms with Crippen molar-refractivity contribution in [3.05, 3.63) is 0 Å². The molecular weight excluding hydrogens is 138 g/mol. The van der Waals surface area contributed by atoms with Crippen LogP contribution in [0.25, 0.3) is 0 Å². The monoisotopic (exact) mass is 153 g/mol. The summed E-state index contributed by atoms with van der Waals surface area (Å²) in [4.78, 5) is 0. The molecule has 2 saturated carbocycles. The molecule has 62 valence electrons. The molecule has 0 aromatic carbocycles. The molecule has 2 aliphatic rings. The van der Waals surface area contributed by atoms with E-state index < -0.39 is 0 Å². The fraction of sp³-hybridized carbons (Fsp3) is 0.889. The highest BCUT2D eigenvalue weighted by molar-refractivity contribution is 5.89. The fourth-order valence-corrected chi connectivity index (χ4v) is 1.90. The minimum atomic E-state index is 0.644. The van der Waals surface area contributed by atoms with Gasteiger partial charge in [0, 0.05) is 11.8 Å². The van der Waals surface area contributed by atoms with Crippen molar-refractivity contribution in [2.45, 2.75) is 38.5 Å². The van der Waals surface area contributed by atoms with E-state index >= 15 is 0 Å². The summed E-state index contributed by atoms with van der Waals surface area (Å²) in [7, 11) is 0. The summed E-state index contributed by atoms with van der Waals surface area (Å²) in [5.41, 5.74) is 1.11. The van der Waals surface area contributed by atoms with Crippen LogP contribution >= 0.6 is 0 Å². The van der Waals surface area contributed by atoms with Gasteiger partial charge in [-0.15, -0.1) is 0 Å². The fourth-order valence-electron chi connectivity index (χ4n) is 1.90. The van der Waals surface area contributed by atoms with Crippen LogP contribution < -0.4 is 0 Å². The van der Waals surface area contributed by atoms with Gasteiger partial charge in [0.05, 0.1) is 5.71 Å². The number of oxime groups is 1. The van der Waals surface area contributed by atoms with Crippen molar-refractivity contribution in [2.75, 3.05) is 0 Å². The Labute approximate surface area is 67.3 Å². The SMILES string of the molecule is ON=C(C1CCC1)C1CCC1. The number of rotatable bonds is 2. The smallest absolute Gasteiger partial charge is 0.0632 e. The van der Waals surface area contributed by atoms with Crippen molar-refractivity contribution in [2.24, 2.45) is 17.0 Å². The van der Waals surface area contributed by atoms with Crippen molar-refractivity contribution >= 4 is 5.71 Å². The third-order valence-electron chi connectivity index (χ3n) is 3.16. The molecule has 2 aliphatic carbocycles. The molecule has 0 aromatic heterocycles. The van der Waals surface area contributed by atoms with Gasteiger partial charge < -0.3 is 5.21 Å². The van der Waals surface area contributed by atoms with Crippen molar-refractivity contribution in [3.8, 4) is 0 Å². The largest absolute Gasteiger partial charge is 0.411 e. The Balaban J connectivity index is 1.94. The first kappa shape index (κ1) is 7.14. The molecule has 0 saturated heterocycles. The first-order valence-electron chi connectivity index (χ1n) is 4.63. The maximum atomic E-state index is 8.78. The lowest BCUT2D eigenvalue weighted by Crippen LogP contribution is -2.32. The quantitative estimate of drug-likeness (QED) is 0.369. The van der Waals surface area contributed by atoms with Crippen LogP contribution in [0.2, 0.25) is 0 Å². The van der Waals surface area contributed by atoms with E-state index in [1.54, 1.807) is 0 Å². The third kappa shape index (κ3) is 1.15. The molecule has 1 N–H and O–H groups in total. The molecule has 0 aromatic rings. The van der Waals surface area contributed by atoms with Gasteiger partial charge in [-0.25, -0.2) is 0 Å². The average molecular weight is 153 g/mol. The molecule has 0 spiro atoms. The number of hydrogen-bond donors (Lipinski definition) is 1. The number of hydrogen-bond acceptors (Lipinski definition) is 2. The van der Waals surface area contributed by atoms with Crippen LogP contribution in [-0.2, 0) is 0 Å². The summed E-state index contributed by atoms with van der Waals surface area (Å²) in [5.74, 6) is 1.29. The molecule has 2 heteroatoms. The summed E-state index contributed by atoms with van der Waals surface area (Å²) in [6.07, 6.45) is 7.70. The molecule has 0 heterocycles. The highest BCUT2D eigenvalue weighted by Crippen LogP contribution is 2.37. The van der Waals surface area contributed by atoms with E-state index in [-0.39, 0.29) is 0 Å². The lowest BCUT2D eigenvalue weighted by atomic mass is 9.71. The zero-order valence-corrected chi connectivity index (χ0v) is 6.79. The molecule has 0 atom stereocenters. The van der Waals surface area contributed by atoms with E-state index in [0.29, 0.717) is 11.8 Å². The Kier molecular flexibility index (Phi) is 1.84. The van der Waals surface area contributed by atoms with Gasteiger partial charge in [0.1, 0.15) is 0 Å². The van der Waals surface area contributed by atoms with Gasteiger partial charge in [0.25, 0.3) is 0 Å². The molecule has 11 heavy (non-hydrogen) atoms. The third-order valence-corrected chi connectivity index (χ3v) is 3.16. The van der Waals surface area contributed by atoms with Gasteiger partial charge in [-0.3, -0.25) is 0 Å². The van der Waals surface area contributed by atoms with Crippen LogP contribution in [0.1, 0.15) is 38.5 Å². The second-order valence-electron chi connectivity index (χ2n) is 3.78. The topological polar surface area (TPSA) is 32.6 Å². The molecule has 2 fully saturated rings. The molecule has 0 radical (unpaired) electrons. The summed E-state index contributed by atoms with van der Waals surface area (Å²) < 4.78 is 0. The number of nitrogens with zero attached hydrogens (tertiary/aromatic N) is 1. The summed E-state index contributed by atoms with van der Waals surface area (Å²) in [6, 6.07) is 0. The van der Waals surface area contributed by atoms with Crippen LogP contribution in [0, 0.1) is 11.8 Å². The van der Waals surface area contributed by atoms with E-state index in [4.69, 9.17) is 5.21 Å². The van der Waals surface area contributed by atoms with Crippen molar-refractivity contribution < 1.29 is 5.21 Å². The first-order chi connectivity index (χ1) is 5.42. The van der Waals surface area contributed by atoms with Crippen LogP contribution in [0.4, 0.5) is 0 Å². The maximum Gasteiger partial charge on any atom is 0.0632 e. The molecule has 0 aliphatic heterocycles. The zero-order chi connectivity index (χ0) is 7.68. The Bertz CT molecular complexity index is 152. The van der Waals surface area contributed by atoms with Gasteiger partial charge in [0.2, 0.25) is 0 Å². The Hall–Kier alpha value is -0.530. The zero-order valence-electron chi connectivity index (χ0n) is 6.79.